The monoisotopic (exact) mass is 181 g/mol. The van der Waals surface area contributed by atoms with Crippen molar-refractivity contribution in [2.75, 3.05) is 12.4 Å². The summed E-state index contributed by atoms with van der Waals surface area (Å²) in [5.74, 6) is 0.773. The molecular weight excluding hydrogens is 170 g/mol. The van der Waals surface area contributed by atoms with Crippen LogP contribution >= 0.6 is 12.2 Å². The van der Waals surface area contributed by atoms with Crippen LogP contribution in [0.15, 0.2) is 18.2 Å². The van der Waals surface area contributed by atoms with E-state index in [9.17, 15) is 0 Å². The van der Waals surface area contributed by atoms with Gasteiger partial charge in [-0.2, -0.15) is 0 Å². The van der Waals surface area contributed by atoms with E-state index in [0.29, 0.717) is 5.11 Å². The lowest BCUT2D eigenvalue weighted by molar-refractivity contribution is 1.16. The molecule has 0 aliphatic rings. The summed E-state index contributed by atoms with van der Waals surface area (Å²) >= 11 is 4.92. The van der Waals surface area contributed by atoms with Gasteiger partial charge < -0.3 is 10.6 Å². The number of hydrogen-bond donors (Lipinski definition) is 2. The Kier molecular flexibility index (Phi) is 2.99. The van der Waals surface area contributed by atoms with Crippen LogP contribution in [0, 0.1) is 6.92 Å². The van der Waals surface area contributed by atoms with Gasteiger partial charge in [-0.15, -0.1) is 0 Å². The standard InChI is InChI=1S/C8H11N3S/c1-6-4-3-5-7(10-6)11-8(12)9-2/h3-5H,1-2H3,(H2,9,10,11,12). The van der Waals surface area contributed by atoms with Crippen molar-refractivity contribution < 1.29 is 0 Å². The van der Waals surface area contributed by atoms with E-state index in [1.807, 2.05) is 25.1 Å². The van der Waals surface area contributed by atoms with Crippen LogP contribution in [-0.4, -0.2) is 17.1 Å². The van der Waals surface area contributed by atoms with Crippen LogP contribution in [0.4, 0.5) is 5.82 Å². The highest BCUT2D eigenvalue weighted by Gasteiger charge is 1.94. The minimum atomic E-state index is 0.577. The normalized spacial score (nSPS) is 9.17. The average molecular weight is 181 g/mol. The first-order valence-electron chi connectivity index (χ1n) is 3.65. The fourth-order valence-electron chi connectivity index (χ4n) is 0.791. The second-order valence-corrected chi connectivity index (χ2v) is 2.78. The number of hydrogen-bond acceptors (Lipinski definition) is 2. The largest absolute Gasteiger partial charge is 0.365 e. The quantitative estimate of drug-likeness (QED) is 0.640. The van der Waals surface area contributed by atoms with Crippen molar-refractivity contribution in [1.29, 1.82) is 0 Å². The molecule has 3 nitrogen and oxygen atoms in total. The Morgan fingerprint density at radius 3 is 2.83 bits per heavy atom. The molecule has 1 aromatic heterocycles. The molecule has 0 unspecified atom stereocenters. The summed E-state index contributed by atoms with van der Waals surface area (Å²) in [6.45, 7) is 1.94. The zero-order chi connectivity index (χ0) is 8.97. The molecule has 1 heterocycles. The second-order valence-electron chi connectivity index (χ2n) is 2.37. The van der Waals surface area contributed by atoms with E-state index in [4.69, 9.17) is 12.2 Å². The van der Waals surface area contributed by atoms with E-state index in [1.165, 1.54) is 0 Å². The minimum Gasteiger partial charge on any atom is -0.365 e. The van der Waals surface area contributed by atoms with Crippen LogP contribution in [0.1, 0.15) is 5.69 Å². The van der Waals surface area contributed by atoms with Gasteiger partial charge in [-0.1, -0.05) is 6.07 Å². The highest BCUT2D eigenvalue weighted by atomic mass is 32.1. The molecule has 64 valence electrons. The fraction of sp³-hybridized carbons (Fsp3) is 0.250. The Bertz CT molecular complexity index is 285. The Labute approximate surface area is 77.2 Å². The first-order chi connectivity index (χ1) is 5.72. The molecule has 0 bridgehead atoms. The first kappa shape index (κ1) is 8.93. The maximum absolute atomic E-state index is 4.92. The summed E-state index contributed by atoms with van der Waals surface area (Å²) in [6.07, 6.45) is 0. The van der Waals surface area contributed by atoms with Crippen LogP contribution in [-0.2, 0) is 0 Å². The first-order valence-corrected chi connectivity index (χ1v) is 4.05. The Hall–Kier alpha value is -1.16. The Morgan fingerprint density at radius 1 is 1.50 bits per heavy atom. The van der Waals surface area contributed by atoms with Crippen LogP contribution in [0.25, 0.3) is 0 Å². The van der Waals surface area contributed by atoms with Gasteiger partial charge in [0.25, 0.3) is 0 Å². The van der Waals surface area contributed by atoms with E-state index in [0.717, 1.165) is 11.5 Å². The van der Waals surface area contributed by atoms with Gasteiger partial charge >= 0.3 is 0 Å². The van der Waals surface area contributed by atoms with Crippen molar-refractivity contribution >= 4 is 23.1 Å². The molecule has 0 radical (unpaired) electrons. The topological polar surface area (TPSA) is 37.0 Å². The van der Waals surface area contributed by atoms with Crippen LogP contribution in [0.3, 0.4) is 0 Å². The number of nitrogens with one attached hydrogen (secondary N) is 2. The van der Waals surface area contributed by atoms with Crippen molar-refractivity contribution in [2.24, 2.45) is 0 Å². The third-order valence-electron chi connectivity index (χ3n) is 1.36. The molecule has 0 aromatic carbocycles. The lowest BCUT2D eigenvalue weighted by atomic mass is 10.4. The number of rotatable bonds is 1. The molecule has 0 amide bonds. The van der Waals surface area contributed by atoms with E-state index < -0.39 is 0 Å². The van der Waals surface area contributed by atoms with Crippen LogP contribution in [0.2, 0.25) is 0 Å². The van der Waals surface area contributed by atoms with E-state index in [1.54, 1.807) is 7.05 Å². The highest BCUT2D eigenvalue weighted by Crippen LogP contribution is 2.02. The van der Waals surface area contributed by atoms with Crippen molar-refractivity contribution in [1.82, 2.24) is 10.3 Å². The zero-order valence-electron chi connectivity index (χ0n) is 7.09. The molecule has 0 saturated carbocycles. The minimum absolute atomic E-state index is 0.577. The molecule has 2 N–H and O–H groups in total. The lowest BCUT2D eigenvalue weighted by Gasteiger charge is -2.05. The second kappa shape index (κ2) is 4.01. The zero-order valence-corrected chi connectivity index (χ0v) is 7.90. The molecule has 0 atom stereocenters. The highest BCUT2D eigenvalue weighted by molar-refractivity contribution is 7.80. The van der Waals surface area contributed by atoms with Crippen molar-refractivity contribution in [3.63, 3.8) is 0 Å². The number of aryl methyl sites for hydroxylation is 1. The van der Waals surface area contributed by atoms with Crippen LogP contribution in [0.5, 0.6) is 0 Å². The van der Waals surface area contributed by atoms with Gasteiger partial charge in [0.05, 0.1) is 0 Å². The molecule has 4 heteroatoms. The Balaban J connectivity index is 2.69. The predicted octanol–water partition coefficient (Wildman–Crippen LogP) is 1.31. The summed E-state index contributed by atoms with van der Waals surface area (Å²) < 4.78 is 0. The average Bonchev–Trinajstić information content (AvgIpc) is 2.04. The number of anilines is 1. The predicted molar refractivity (Wildman–Crippen MR) is 54.3 cm³/mol. The number of nitrogens with zero attached hydrogens (tertiary/aromatic N) is 1. The number of aromatic nitrogens is 1. The Morgan fingerprint density at radius 2 is 2.25 bits per heavy atom. The molecule has 12 heavy (non-hydrogen) atoms. The van der Waals surface area contributed by atoms with E-state index in [-0.39, 0.29) is 0 Å². The van der Waals surface area contributed by atoms with Crippen molar-refractivity contribution in [3.8, 4) is 0 Å². The van der Waals surface area contributed by atoms with E-state index >= 15 is 0 Å². The summed E-state index contributed by atoms with van der Waals surface area (Å²) in [7, 11) is 1.77. The summed E-state index contributed by atoms with van der Waals surface area (Å²) in [5.41, 5.74) is 0.971. The van der Waals surface area contributed by atoms with Gasteiger partial charge in [0, 0.05) is 12.7 Å². The molecule has 0 spiro atoms. The SMILES string of the molecule is CNC(=S)Nc1cccc(C)n1. The summed E-state index contributed by atoms with van der Waals surface area (Å²) in [6, 6.07) is 5.74. The fourth-order valence-corrected chi connectivity index (χ4v) is 0.896. The van der Waals surface area contributed by atoms with Gasteiger partial charge in [0.1, 0.15) is 5.82 Å². The smallest absolute Gasteiger partial charge is 0.171 e. The summed E-state index contributed by atoms with van der Waals surface area (Å²) in [4.78, 5) is 4.22. The third-order valence-corrected chi connectivity index (χ3v) is 1.66. The van der Waals surface area contributed by atoms with E-state index in [2.05, 4.69) is 15.6 Å². The van der Waals surface area contributed by atoms with Crippen molar-refractivity contribution in [3.05, 3.63) is 23.9 Å². The van der Waals surface area contributed by atoms with Gasteiger partial charge in [-0.05, 0) is 31.3 Å². The lowest BCUT2D eigenvalue weighted by Crippen LogP contribution is -2.24. The number of thiocarbonyl (C=S) groups is 1. The van der Waals surface area contributed by atoms with Crippen molar-refractivity contribution in [2.45, 2.75) is 6.92 Å². The molecule has 0 fully saturated rings. The van der Waals surface area contributed by atoms with Gasteiger partial charge in [-0.25, -0.2) is 4.98 Å². The number of pyridine rings is 1. The molecule has 0 saturated heterocycles. The maximum atomic E-state index is 4.92. The van der Waals surface area contributed by atoms with Gasteiger partial charge in [-0.3, -0.25) is 0 Å². The van der Waals surface area contributed by atoms with Gasteiger partial charge in [0.2, 0.25) is 0 Å². The molecular formula is C8H11N3S. The summed E-state index contributed by atoms with van der Waals surface area (Å²) in [5, 5.41) is 6.33. The maximum Gasteiger partial charge on any atom is 0.171 e. The van der Waals surface area contributed by atoms with Crippen LogP contribution < -0.4 is 10.6 Å². The third kappa shape index (κ3) is 2.47. The van der Waals surface area contributed by atoms with Gasteiger partial charge in [0.15, 0.2) is 5.11 Å². The molecule has 0 aliphatic heterocycles. The molecule has 1 rings (SSSR count). The molecule has 0 aliphatic carbocycles. The molecule has 1 aromatic rings.